The highest BCUT2D eigenvalue weighted by Gasteiger charge is 2.37. The second-order valence-electron chi connectivity index (χ2n) is 3.41. The summed E-state index contributed by atoms with van der Waals surface area (Å²) in [6.45, 7) is 0.542. The molecule has 0 radical (unpaired) electrons. The van der Waals surface area contributed by atoms with Crippen LogP contribution in [0.1, 0.15) is 17.2 Å². The van der Waals surface area contributed by atoms with Crippen LogP contribution in [-0.4, -0.2) is 17.6 Å². The van der Waals surface area contributed by atoms with Crippen LogP contribution < -0.4 is 5.73 Å². The molecule has 1 aromatic rings. The van der Waals surface area contributed by atoms with E-state index in [-0.39, 0.29) is 0 Å². The molecule has 0 bridgehead atoms. The predicted molar refractivity (Wildman–Crippen MR) is 57.8 cm³/mol. The number of aliphatic hydroxyl groups excluding tert-OH is 1. The lowest BCUT2D eigenvalue weighted by molar-refractivity contribution is -0.0711. The molecule has 0 saturated heterocycles. The smallest absolute Gasteiger partial charge is 0.289 e. The first-order chi connectivity index (χ1) is 6.88. The van der Waals surface area contributed by atoms with Gasteiger partial charge < -0.3 is 10.8 Å². The molecule has 84 valence electrons. The van der Waals surface area contributed by atoms with Gasteiger partial charge in [0.2, 0.25) is 0 Å². The van der Waals surface area contributed by atoms with Crippen molar-refractivity contribution in [2.75, 3.05) is 6.61 Å². The molecule has 3 N–H and O–H groups in total. The lowest BCUT2D eigenvalue weighted by Crippen LogP contribution is -2.36. The van der Waals surface area contributed by atoms with E-state index in [0.29, 0.717) is 5.56 Å². The van der Waals surface area contributed by atoms with Crippen molar-refractivity contribution in [3.8, 4) is 0 Å². The zero-order valence-electron chi connectivity index (χ0n) is 8.17. The van der Waals surface area contributed by atoms with Gasteiger partial charge in [-0.1, -0.05) is 28.1 Å². The van der Waals surface area contributed by atoms with E-state index in [1.165, 1.54) is 6.07 Å². The van der Waals surface area contributed by atoms with Crippen LogP contribution in [0.15, 0.2) is 22.7 Å². The second-order valence-corrected chi connectivity index (χ2v) is 4.26. The first-order valence-corrected chi connectivity index (χ1v) is 5.18. The van der Waals surface area contributed by atoms with Crippen molar-refractivity contribution >= 4 is 15.9 Å². The molecular weight excluding hydrogens is 268 g/mol. The molecule has 0 heterocycles. The average Bonchev–Trinajstić information content (AvgIpc) is 2.21. The van der Waals surface area contributed by atoms with Gasteiger partial charge in [-0.05, 0) is 24.1 Å². The van der Waals surface area contributed by atoms with Gasteiger partial charge in [-0.2, -0.15) is 0 Å². The summed E-state index contributed by atoms with van der Waals surface area (Å²) in [5, 5.41) is 8.51. The molecule has 1 atom stereocenters. The van der Waals surface area contributed by atoms with Gasteiger partial charge in [0.25, 0.3) is 5.92 Å². The molecule has 1 rings (SSSR count). The lowest BCUT2D eigenvalue weighted by Gasteiger charge is -2.22. The minimum atomic E-state index is -3.29. The molecule has 0 aliphatic carbocycles. The van der Waals surface area contributed by atoms with E-state index in [4.69, 9.17) is 10.8 Å². The van der Waals surface area contributed by atoms with Crippen molar-refractivity contribution in [1.82, 2.24) is 0 Å². The number of aliphatic hydroxyl groups is 1. The molecule has 1 unspecified atom stereocenters. The fraction of sp³-hybridized carbons (Fsp3) is 0.400. The van der Waals surface area contributed by atoms with Gasteiger partial charge in [0.1, 0.15) is 6.61 Å². The van der Waals surface area contributed by atoms with Gasteiger partial charge in [0, 0.05) is 4.47 Å². The standard InChI is InChI=1S/C10H12BrF2NO/c1-6-4-7(2-3-8(6)11)9(14)10(12,13)5-15/h2-4,9,15H,5,14H2,1H3. The normalized spacial score (nSPS) is 14.0. The Bertz CT molecular complexity index is 357. The summed E-state index contributed by atoms with van der Waals surface area (Å²) in [6.07, 6.45) is 0. The zero-order valence-corrected chi connectivity index (χ0v) is 9.76. The van der Waals surface area contributed by atoms with Crippen LogP contribution in [0.25, 0.3) is 0 Å². The number of alkyl halides is 2. The molecule has 2 nitrogen and oxygen atoms in total. The van der Waals surface area contributed by atoms with E-state index in [1.54, 1.807) is 19.1 Å². The Balaban J connectivity index is 3.02. The number of aryl methyl sites for hydroxylation is 1. The summed E-state index contributed by atoms with van der Waals surface area (Å²) in [7, 11) is 0. The molecule has 5 heteroatoms. The quantitative estimate of drug-likeness (QED) is 0.893. The summed E-state index contributed by atoms with van der Waals surface area (Å²) in [6, 6.07) is 3.29. The summed E-state index contributed by atoms with van der Waals surface area (Å²) in [5.41, 5.74) is 6.52. The van der Waals surface area contributed by atoms with E-state index in [0.717, 1.165) is 10.0 Å². The topological polar surface area (TPSA) is 46.2 Å². The van der Waals surface area contributed by atoms with Crippen LogP contribution in [0.4, 0.5) is 8.78 Å². The van der Waals surface area contributed by atoms with E-state index >= 15 is 0 Å². The van der Waals surface area contributed by atoms with Crippen LogP contribution in [-0.2, 0) is 0 Å². The predicted octanol–water partition coefficient (Wildman–Crippen LogP) is 2.38. The average molecular weight is 280 g/mol. The molecule has 1 aromatic carbocycles. The molecule has 0 aromatic heterocycles. The van der Waals surface area contributed by atoms with Crippen LogP contribution >= 0.6 is 15.9 Å². The number of hydrogen-bond acceptors (Lipinski definition) is 2. The van der Waals surface area contributed by atoms with E-state index in [1.807, 2.05) is 0 Å². The van der Waals surface area contributed by atoms with Crippen molar-refractivity contribution in [3.05, 3.63) is 33.8 Å². The maximum absolute atomic E-state index is 13.1. The SMILES string of the molecule is Cc1cc(C(N)C(F)(F)CO)ccc1Br. The maximum Gasteiger partial charge on any atom is 0.289 e. The Labute approximate surface area is 95.2 Å². The third-order valence-electron chi connectivity index (χ3n) is 2.21. The number of rotatable bonds is 3. The van der Waals surface area contributed by atoms with Crippen LogP contribution in [0, 0.1) is 6.92 Å². The Kier molecular flexibility index (Phi) is 3.81. The van der Waals surface area contributed by atoms with Gasteiger partial charge >= 0.3 is 0 Å². The number of halogens is 3. The van der Waals surface area contributed by atoms with Crippen LogP contribution in [0.2, 0.25) is 0 Å². The van der Waals surface area contributed by atoms with Crippen LogP contribution in [0.5, 0.6) is 0 Å². The van der Waals surface area contributed by atoms with Crippen molar-refractivity contribution in [1.29, 1.82) is 0 Å². The fourth-order valence-corrected chi connectivity index (χ4v) is 1.45. The third kappa shape index (κ3) is 2.74. The van der Waals surface area contributed by atoms with Crippen molar-refractivity contribution < 1.29 is 13.9 Å². The van der Waals surface area contributed by atoms with Crippen molar-refractivity contribution in [3.63, 3.8) is 0 Å². The molecule has 0 saturated carbocycles. The molecule has 0 aliphatic rings. The molecule has 0 fully saturated rings. The van der Waals surface area contributed by atoms with Gasteiger partial charge in [0.05, 0.1) is 6.04 Å². The summed E-state index contributed by atoms with van der Waals surface area (Å²) >= 11 is 3.27. The Morgan fingerprint density at radius 1 is 1.53 bits per heavy atom. The highest BCUT2D eigenvalue weighted by molar-refractivity contribution is 9.10. The van der Waals surface area contributed by atoms with E-state index in [9.17, 15) is 8.78 Å². The van der Waals surface area contributed by atoms with Gasteiger partial charge in [-0.15, -0.1) is 0 Å². The summed E-state index contributed by atoms with van der Waals surface area (Å²) in [5.74, 6) is -3.29. The Hall–Kier alpha value is -0.520. The van der Waals surface area contributed by atoms with Gasteiger partial charge in [-0.3, -0.25) is 0 Å². The monoisotopic (exact) mass is 279 g/mol. The highest BCUT2D eigenvalue weighted by Crippen LogP contribution is 2.30. The minimum Gasteiger partial charge on any atom is -0.390 e. The van der Waals surface area contributed by atoms with Gasteiger partial charge in [0.15, 0.2) is 0 Å². The molecule has 0 amide bonds. The second kappa shape index (κ2) is 4.55. The first kappa shape index (κ1) is 12.5. The largest absolute Gasteiger partial charge is 0.390 e. The minimum absolute atomic E-state index is 0.315. The summed E-state index contributed by atoms with van der Waals surface area (Å²) in [4.78, 5) is 0. The molecule has 0 spiro atoms. The summed E-state index contributed by atoms with van der Waals surface area (Å²) < 4.78 is 27.0. The number of hydrogen-bond donors (Lipinski definition) is 2. The first-order valence-electron chi connectivity index (χ1n) is 4.39. The van der Waals surface area contributed by atoms with Gasteiger partial charge in [-0.25, -0.2) is 8.78 Å². The Morgan fingerprint density at radius 3 is 2.60 bits per heavy atom. The fourth-order valence-electron chi connectivity index (χ4n) is 1.20. The maximum atomic E-state index is 13.1. The van der Waals surface area contributed by atoms with E-state index < -0.39 is 18.6 Å². The highest BCUT2D eigenvalue weighted by atomic mass is 79.9. The lowest BCUT2D eigenvalue weighted by atomic mass is 10.0. The molecular formula is C10H12BrF2NO. The third-order valence-corrected chi connectivity index (χ3v) is 3.10. The molecule has 15 heavy (non-hydrogen) atoms. The van der Waals surface area contributed by atoms with Crippen molar-refractivity contribution in [2.24, 2.45) is 5.73 Å². The van der Waals surface area contributed by atoms with E-state index in [2.05, 4.69) is 15.9 Å². The van der Waals surface area contributed by atoms with Crippen LogP contribution in [0.3, 0.4) is 0 Å². The zero-order chi connectivity index (χ0) is 11.6. The number of benzene rings is 1. The van der Waals surface area contributed by atoms with Crippen molar-refractivity contribution in [2.45, 2.75) is 18.9 Å². The molecule has 0 aliphatic heterocycles. The Morgan fingerprint density at radius 2 is 2.13 bits per heavy atom. The number of nitrogens with two attached hydrogens (primary N) is 1.